The second kappa shape index (κ2) is 15.0. The summed E-state index contributed by atoms with van der Waals surface area (Å²) in [6.07, 6.45) is 3.00. The van der Waals surface area contributed by atoms with Gasteiger partial charge in [0.25, 0.3) is 5.56 Å². The zero-order valence-corrected chi connectivity index (χ0v) is 31.4. The summed E-state index contributed by atoms with van der Waals surface area (Å²) in [5.74, 6) is 0.291. The zero-order chi connectivity index (χ0) is 37.3. The number of likely N-dealkylation sites (N-methyl/N-ethyl adjacent to an activating group) is 1. The van der Waals surface area contributed by atoms with Crippen LogP contribution in [-0.2, 0) is 30.7 Å². The monoisotopic (exact) mass is 745 g/mol. The van der Waals surface area contributed by atoms with Crippen molar-refractivity contribution in [3.63, 3.8) is 0 Å². The molecule has 1 unspecified atom stereocenters. The predicted molar refractivity (Wildman–Crippen MR) is 200 cm³/mol. The number of carbonyl (C=O) groups excluding carboxylic acids is 1. The number of pyridine rings is 1. The lowest BCUT2D eigenvalue weighted by atomic mass is 9.91. The number of ether oxygens (including phenoxy) is 2. The summed E-state index contributed by atoms with van der Waals surface area (Å²) in [7, 11) is 1.99. The van der Waals surface area contributed by atoms with Crippen molar-refractivity contribution in [1.29, 1.82) is 0 Å². The molecule has 6 rings (SSSR count). The van der Waals surface area contributed by atoms with Crippen LogP contribution in [0, 0.1) is 13.8 Å². The number of aromatic carboxylic acids is 1. The molecular formula is C37H40ClN7O6S. The molecule has 0 saturated carbocycles. The lowest BCUT2D eigenvalue weighted by molar-refractivity contribution is 0.0632. The highest BCUT2D eigenvalue weighted by Crippen LogP contribution is 2.40. The van der Waals surface area contributed by atoms with E-state index < -0.39 is 17.7 Å². The van der Waals surface area contributed by atoms with E-state index in [1.165, 1.54) is 11.3 Å². The molecule has 1 atom stereocenters. The van der Waals surface area contributed by atoms with Crippen molar-refractivity contribution in [2.45, 2.75) is 78.6 Å². The Morgan fingerprint density at radius 3 is 2.67 bits per heavy atom. The van der Waals surface area contributed by atoms with Gasteiger partial charge in [-0.05, 0) is 91.3 Å². The summed E-state index contributed by atoms with van der Waals surface area (Å²) >= 11 is 7.74. The Hall–Kier alpha value is -4.92. The number of hydrogen-bond donors (Lipinski definition) is 2. The van der Waals surface area contributed by atoms with Crippen molar-refractivity contribution in [2.75, 3.05) is 19.0 Å². The standard InChI is InChI=1S/C37H40ClN7O6S/c1-20-15-26(32-31(40-20)28(19-52-32)34(47)48)25-16-22(38)7-10-30(25)50-14-13-45-21(2)41-29-9-8-24(17-27(29)33(45)46)44(6)18-23-11-12-39-35(42-23)43-36(49)51-37(3,4)5/h7,10-12,15-16,19,24H,8-9,13-14,17-18H2,1-6H3,(H,47,48)(H,39,42,43,49). The van der Waals surface area contributed by atoms with Gasteiger partial charge in [-0.2, -0.15) is 0 Å². The third-order valence-electron chi connectivity index (χ3n) is 8.74. The number of anilines is 1. The lowest BCUT2D eigenvalue weighted by Crippen LogP contribution is -2.41. The van der Waals surface area contributed by atoms with Crippen LogP contribution < -0.4 is 15.6 Å². The largest absolute Gasteiger partial charge is 0.491 e. The molecular weight excluding hydrogens is 706 g/mol. The first-order chi connectivity index (χ1) is 24.7. The first-order valence-electron chi connectivity index (χ1n) is 16.8. The smallest absolute Gasteiger partial charge is 0.414 e. The molecule has 0 aliphatic heterocycles. The molecule has 13 nitrogen and oxygen atoms in total. The number of fused-ring (bicyclic) bond motifs is 2. The molecule has 0 saturated heterocycles. The molecule has 0 bridgehead atoms. The summed E-state index contributed by atoms with van der Waals surface area (Å²) in [5, 5.41) is 14.4. The van der Waals surface area contributed by atoms with Crippen molar-refractivity contribution in [3.8, 4) is 16.9 Å². The van der Waals surface area contributed by atoms with Crippen LogP contribution in [0.1, 0.15) is 66.0 Å². The first-order valence-corrected chi connectivity index (χ1v) is 18.1. The number of carboxylic acid groups (broad SMARTS) is 1. The number of halogens is 1. The number of hydrogen-bond acceptors (Lipinski definition) is 11. The lowest BCUT2D eigenvalue weighted by Gasteiger charge is -2.32. The van der Waals surface area contributed by atoms with Crippen molar-refractivity contribution in [3.05, 3.63) is 91.3 Å². The van der Waals surface area contributed by atoms with Crippen molar-refractivity contribution in [2.24, 2.45) is 0 Å². The third kappa shape index (κ3) is 8.24. The summed E-state index contributed by atoms with van der Waals surface area (Å²) in [4.78, 5) is 58.1. The molecule has 1 amide bonds. The van der Waals surface area contributed by atoms with E-state index in [1.807, 2.05) is 27.0 Å². The van der Waals surface area contributed by atoms with Gasteiger partial charge in [-0.3, -0.25) is 24.6 Å². The van der Waals surface area contributed by atoms with Crippen LogP contribution in [0.3, 0.4) is 0 Å². The zero-order valence-electron chi connectivity index (χ0n) is 29.8. The van der Waals surface area contributed by atoms with E-state index in [4.69, 9.17) is 26.1 Å². The van der Waals surface area contributed by atoms with Crippen LogP contribution in [0.5, 0.6) is 5.75 Å². The number of amides is 1. The quantitative estimate of drug-likeness (QED) is 0.157. The second-order valence-electron chi connectivity index (χ2n) is 13.8. The fourth-order valence-corrected chi connectivity index (χ4v) is 7.53. The van der Waals surface area contributed by atoms with Gasteiger partial charge in [-0.1, -0.05) is 11.6 Å². The maximum Gasteiger partial charge on any atom is 0.414 e. The van der Waals surface area contributed by atoms with Crippen molar-refractivity contribution >= 4 is 51.2 Å². The Balaban J connectivity index is 1.16. The average Bonchev–Trinajstić information content (AvgIpc) is 3.50. The summed E-state index contributed by atoms with van der Waals surface area (Å²) < 4.78 is 14.0. The minimum Gasteiger partial charge on any atom is -0.491 e. The highest BCUT2D eigenvalue weighted by Gasteiger charge is 2.27. The van der Waals surface area contributed by atoms with Gasteiger partial charge in [0, 0.05) is 51.6 Å². The number of nitrogens with zero attached hydrogens (tertiary/aromatic N) is 6. The third-order valence-corrected chi connectivity index (χ3v) is 9.98. The van der Waals surface area contributed by atoms with Gasteiger partial charge < -0.3 is 14.6 Å². The summed E-state index contributed by atoms with van der Waals surface area (Å²) in [6, 6.07) is 9.06. The maximum atomic E-state index is 13.9. The van der Waals surface area contributed by atoms with Crippen LogP contribution in [-0.4, -0.2) is 71.9 Å². The average molecular weight is 746 g/mol. The van der Waals surface area contributed by atoms with E-state index in [9.17, 15) is 19.5 Å². The molecule has 0 spiro atoms. The minimum absolute atomic E-state index is 0.0720. The fourth-order valence-electron chi connectivity index (χ4n) is 6.35. The van der Waals surface area contributed by atoms with E-state index >= 15 is 0 Å². The van der Waals surface area contributed by atoms with E-state index in [2.05, 4.69) is 25.2 Å². The Bertz CT molecular complexity index is 2230. The van der Waals surface area contributed by atoms with Crippen LogP contribution >= 0.6 is 22.9 Å². The fraction of sp³-hybridized carbons (Fsp3) is 0.378. The predicted octanol–water partition coefficient (Wildman–Crippen LogP) is 6.69. The SMILES string of the molecule is Cc1cc(-c2cc(Cl)ccc2OCCn2c(C)nc3c(c2=O)CC(N(C)Cc2ccnc(NC(=O)OC(C)(C)C)n2)CC3)c2scc(C(=O)O)c2n1. The first kappa shape index (κ1) is 36.9. The second-order valence-corrected chi connectivity index (χ2v) is 15.1. The highest BCUT2D eigenvalue weighted by molar-refractivity contribution is 7.18. The molecule has 272 valence electrons. The normalized spacial score (nSPS) is 14.3. The van der Waals surface area contributed by atoms with E-state index in [-0.39, 0.29) is 36.3 Å². The van der Waals surface area contributed by atoms with E-state index in [0.717, 1.165) is 28.1 Å². The molecule has 2 N–H and O–H groups in total. The Morgan fingerprint density at radius 2 is 1.92 bits per heavy atom. The molecule has 15 heteroatoms. The van der Waals surface area contributed by atoms with E-state index in [0.29, 0.717) is 58.3 Å². The van der Waals surface area contributed by atoms with Gasteiger partial charge in [0.05, 0.1) is 33.7 Å². The number of benzene rings is 1. The van der Waals surface area contributed by atoms with Crippen molar-refractivity contribution in [1.82, 2.24) is 29.4 Å². The number of aryl methyl sites for hydroxylation is 3. The number of carbonyl (C=O) groups is 2. The topological polar surface area (TPSA) is 162 Å². The summed E-state index contributed by atoms with van der Waals surface area (Å²) in [6.45, 7) is 9.95. The highest BCUT2D eigenvalue weighted by atomic mass is 35.5. The van der Waals surface area contributed by atoms with Crippen LogP contribution in [0.15, 0.2) is 46.7 Å². The van der Waals surface area contributed by atoms with E-state index in [1.54, 1.807) is 61.2 Å². The van der Waals surface area contributed by atoms with Gasteiger partial charge in [-0.25, -0.2) is 24.5 Å². The molecule has 5 aromatic rings. The van der Waals surface area contributed by atoms with Gasteiger partial charge in [0.1, 0.15) is 23.8 Å². The van der Waals surface area contributed by atoms with Gasteiger partial charge in [0.15, 0.2) is 0 Å². The van der Waals surface area contributed by atoms with Gasteiger partial charge in [-0.15, -0.1) is 11.3 Å². The summed E-state index contributed by atoms with van der Waals surface area (Å²) in [5.41, 5.74) is 4.21. The molecule has 0 fully saturated rings. The molecule has 1 aliphatic carbocycles. The molecule has 52 heavy (non-hydrogen) atoms. The van der Waals surface area contributed by atoms with Gasteiger partial charge in [0.2, 0.25) is 5.95 Å². The molecule has 4 heterocycles. The maximum absolute atomic E-state index is 13.9. The number of aromatic nitrogens is 5. The van der Waals surface area contributed by atoms with Crippen LogP contribution in [0.25, 0.3) is 21.3 Å². The Kier molecular flexibility index (Phi) is 10.6. The number of nitrogens with one attached hydrogen (secondary N) is 1. The Labute approximate surface area is 309 Å². The van der Waals surface area contributed by atoms with Crippen LogP contribution in [0.2, 0.25) is 5.02 Å². The molecule has 1 aromatic carbocycles. The number of thiophene rings is 1. The molecule has 0 radical (unpaired) electrons. The number of carboxylic acids is 1. The van der Waals surface area contributed by atoms with Crippen molar-refractivity contribution < 1.29 is 24.2 Å². The minimum atomic E-state index is -1.04. The number of rotatable bonds is 10. The Morgan fingerprint density at radius 1 is 1.13 bits per heavy atom. The van der Waals surface area contributed by atoms with Gasteiger partial charge >= 0.3 is 12.1 Å². The van der Waals surface area contributed by atoms with Crippen LogP contribution in [0.4, 0.5) is 10.7 Å². The molecule has 4 aromatic heterocycles. The molecule has 1 aliphatic rings.